The molecular formula is C25H21NOSi. The number of hydrogen-bond acceptors (Lipinski definition) is 2. The largest absolute Gasteiger partial charge is 0.461 e. The molecule has 0 aliphatic heterocycles. The number of furan rings is 1. The van der Waals surface area contributed by atoms with Crippen LogP contribution in [0, 0.1) is 6.92 Å². The van der Waals surface area contributed by atoms with Crippen LogP contribution in [-0.2, 0) is 0 Å². The summed E-state index contributed by atoms with van der Waals surface area (Å²) in [5.74, 6) is 1.01. The monoisotopic (exact) mass is 379 g/mol. The SMILES string of the molecule is Cc1oc2c([Si](C)(C)C)cc3ccnc4c5cc6ccccc6cc5c1c2c34. The molecular weight excluding hydrogens is 358 g/mol. The van der Waals surface area contributed by atoms with Gasteiger partial charge in [-0.3, -0.25) is 4.98 Å². The third-order valence-corrected chi connectivity index (χ3v) is 8.07. The predicted octanol–water partition coefficient (Wildman–Crippen LogP) is 6.73. The molecule has 6 rings (SSSR count). The number of benzene rings is 4. The van der Waals surface area contributed by atoms with E-state index >= 15 is 0 Å². The smallest absolute Gasteiger partial charge is 0.134 e. The second-order valence-corrected chi connectivity index (χ2v) is 14.0. The summed E-state index contributed by atoms with van der Waals surface area (Å²) < 4.78 is 6.46. The summed E-state index contributed by atoms with van der Waals surface area (Å²) in [6.07, 6.45) is 1.95. The minimum absolute atomic E-state index is 1.01. The van der Waals surface area contributed by atoms with Crippen LogP contribution >= 0.6 is 0 Å². The van der Waals surface area contributed by atoms with Gasteiger partial charge in [-0.15, -0.1) is 0 Å². The summed E-state index contributed by atoms with van der Waals surface area (Å²) in [4.78, 5) is 4.84. The molecule has 3 heteroatoms. The quantitative estimate of drug-likeness (QED) is 0.180. The normalized spacial score (nSPS) is 13.0. The molecule has 136 valence electrons. The third kappa shape index (κ3) is 1.95. The molecule has 0 saturated carbocycles. The van der Waals surface area contributed by atoms with Gasteiger partial charge in [0.15, 0.2) is 0 Å². The van der Waals surface area contributed by atoms with E-state index in [1.54, 1.807) is 0 Å². The lowest BCUT2D eigenvalue weighted by molar-refractivity contribution is 0.585. The van der Waals surface area contributed by atoms with Gasteiger partial charge in [0.2, 0.25) is 0 Å². The van der Waals surface area contributed by atoms with Gasteiger partial charge in [-0.05, 0) is 51.9 Å². The molecule has 0 aliphatic rings. The first-order chi connectivity index (χ1) is 13.4. The molecule has 2 heterocycles. The molecule has 0 spiro atoms. The lowest BCUT2D eigenvalue weighted by Gasteiger charge is -2.19. The van der Waals surface area contributed by atoms with Crippen molar-refractivity contribution in [3.05, 3.63) is 60.5 Å². The van der Waals surface area contributed by atoms with Gasteiger partial charge in [0.25, 0.3) is 0 Å². The molecule has 0 fully saturated rings. The number of hydrogen-bond donors (Lipinski definition) is 0. The van der Waals surface area contributed by atoms with E-state index in [-0.39, 0.29) is 0 Å². The van der Waals surface area contributed by atoms with Crippen molar-refractivity contribution >= 4 is 67.5 Å². The van der Waals surface area contributed by atoms with Crippen molar-refractivity contribution in [2.45, 2.75) is 26.6 Å². The molecule has 0 aliphatic carbocycles. The number of nitrogens with zero attached hydrogens (tertiary/aromatic N) is 1. The summed E-state index contributed by atoms with van der Waals surface area (Å²) in [5, 5.41) is 11.4. The van der Waals surface area contributed by atoms with Gasteiger partial charge in [0.05, 0.1) is 13.6 Å². The second kappa shape index (κ2) is 5.12. The maximum Gasteiger partial charge on any atom is 0.134 e. The molecule has 0 bridgehead atoms. The zero-order chi connectivity index (χ0) is 19.2. The molecule has 4 aromatic carbocycles. The number of fused-ring (bicyclic) bond motifs is 4. The zero-order valence-electron chi connectivity index (χ0n) is 16.6. The predicted molar refractivity (Wildman–Crippen MR) is 123 cm³/mol. The molecule has 0 N–H and O–H groups in total. The van der Waals surface area contributed by atoms with Crippen molar-refractivity contribution < 1.29 is 4.42 Å². The van der Waals surface area contributed by atoms with Crippen LogP contribution in [0.15, 0.2) is 59.1 Å². The van der Waals surface area contributed by atoms with Crippen molar-refractivity contribution in [2.75, 3.05) is 0 Å². The maximum atomic E-state index is 6.46. The zero-order valence-corrected chi connectivity index (χ0v) is 17.6. The van der Waals surface area contributed by atoms with Gasteiger partial charge in [-0.25, -0.2) is 0 Å². The van der Waals surface area contributed by atoms with Crippen LogP contribution in [0.4, 0.5) is 0 Å². The Morgan fingerprint density at radius 2 is 1.50 bits per heavy atom. The molecule has 2 aromatic heterocycles. The van der Waals surface area contributed by atoms with E-state index in [4.69, 9.17) is 9.40 Å². The topological polar surface area (TPSA) is 26.0 Å². The van der Waals surface area contributed by atoms with Crippen LogP contribution in [0.2, 0.25) is 19.6 Å². The summed E-state index contributed by atoms with van der Waals surface area (Å²) >= 11 is 0. The van der Waals surface area contributed by atoms with Crippen LogP contribution in [0.25, 0.3) is 54.2 Å². The Morgan fingerprint density at radius 1 is 0.786 bits per heavy atom. The highest BCUT2D eigenvalue weighted by Crippen LogP contribution is 2.43. The van der Waals surface area contributed by atoms with Gasteiger partial charge in [-0.2, -0.15) is 0 Å². The molecule has 0 atom stereocenters. The fourth-order valence-electron chi connectivity index (χ4n) is 4.78. The van der Waals surface area contributed by atoms with Gasteiger partial charge in [0, 0.05) is 27.7 Å². The highest BCUT2D eigenvalue weighted by Gasteiger charge is 2.27. The van der Waals surface area contributed by atoms with Crippen LogP contribution < -0.4 is 5.19 Å². The van der Waals surface area contributed by atoms with E-state index in [0.717, 1.165) is 16.9 Å². The fraction of sp³-hybridized carbons (Fsp3) is 0.160. The average Bonchev–Trinajstić information content (AvgIpc) is 3.02. The van der Waals surface area contributed by atoms with Gasteiger partial charge in [0.1, 0.15) is 11.3 Å². The van der Waals surface area contributed by atoms with Gasteiger partial charge < -0.3 is 4.42 Å². The lowest BCUT2D eigenvalue weighted by Crippen LogP contribution is -2.37. The summed E-state index contributed by atoms with van der Waals surface area (Å²) in [5.41, 5.74) is 2.16. The van der Waals surface area contributed by atoms with Crippen molar-refractivity contribution in [3.8, 4) is 0 Å². The number of aryl methyl sites for hydroxylation is 1. The van der Waals surface area contributed by atoms with Crippen molar-refractivity contribution in [1.82, 2.24) is 4.98 Å². The Labute approximate surface area is 164 Å². The highest BCUT2D eigenvalue weighted by atomic mass is 28.3. The van der Waals surface area contributed by atoms with Crippen LogP contribution in [0.3, 0.4) is 0 Å². The van der Waals surface area contributed by atoms with Gasteiger partial charge in [-0.1, -0.05) is 50.0 Å². The molecule has 0 radical (unpaired) electrons. The standard InChI is InChI=1S/C25H21NOSi/c1-14-21-18-11-15-7-5-6-8-16(15)12-19(18)24-22-17(9-10-26-24)13-20(28(2,3)4)25(27-14)23(21)22/h5-13H,1-4H3. The first-order valence-electron chi connectivity index (χ1n) is 9.82. The summed E-state index contributed by atoms with van der Waals surface area (Å²) in [6, 6.07) is 17.7. The Bertz CT molecular complexity index is 1550. The average molecular weight is 380 g/mol. The van der Waals surface area contributed by atoms with Crippen LogP contribution in [-0.4, -0.2) is 13.1 Å². The summed E-state index contributed by atoms with van der Waals surface area (Å²) in [7, 11) is -1.57. The van der Waals surface area contributed by atoms with Crippen molar-refractivity contribution in [2.24, 2.45) is 0 Å². The van der Waals surface area contributed by atoms with Crippen LogP contribution in [0.1, 0.15) is 5.76 Å². The fourth-order valence-corrected chi connectivity index (χ4v) is 6.23. The third-order valence-electron chi connectivity index (χ3n) is 6.08. The van der Waals surface area contributed by atoms with E-state index in [0.29, 0.717) is 0 Å². The number of aromatic nitrogens is 1. The lowest BCUT2D eigenvalue weighted by atomic mass is 9.93. The molecule has 0 amide bonds. The Hall–Kier alpha value is -2.91. The van der Waals surface area contributed by atoms with E-state index < -0.39 is 8.07 Å². The van der Waals surface area contributed by atoms with Gasteiger partial charge >= 0.3 is 0 Å². The first-order valence-corrected chi connectivity index (χ1v) is 13.3. The van der Waals surface area contributed by atoms with Crippen molar-refractivity contribution in [3.63, 3.8) is 0 Å². The highest BCUT2D eigenvalue weighted by molar-refractivity contribution is 6.90. The second-order valence-electron chi connectivity index (χ2n) is 8.91. The van der Waals surface area contributed by atoms with E-state index in [2.05, 4.69) is 75.1 Å². The first kappa shape index (κ1) is 16.1. The molecule has 0 unspecified atom stereocenters. The molecule has 0 saturated heterocycles. The number of rotatable bonds is 1. The summed E-state index contributed by atoms with van der Waals surface area (Å²) in [6.45, 7) is 9.27. The minimum Gasteiger partial charge on any atom is -0.461 e. The molecule has 2 nitrogen and oxygen atoms in total. The van der Waals surface area contributed by atoms with E-state index in [1.807, 2.05) is 6.20 Å². The van der Waals surface area contributed by atoms with Crippen molar-refractivity contribution in [1.29, 1.82) is 0 Å². The Balaban J connectivity index is 1.99. The van der Waals surface area contributed by atoms with E-state index in [9.17, 15) is 0 Å². The molecule has 28 heavy (non-hydrogen) atoms. The minimum atomic E-state index is -1.57. The van der Waals surface area contributed by atoms with Crippen LogP contribution in [0.5, 0.6) is 0 Å². The Morgan fingerprint density at radius 3 is 2.21 bits per heavy atom. The Kier molecular flexibility index (Phi) is 2.94. The molecule has 6 aromatic rings. The maximum absolute atomic E-state index is 6.46. The number of pyridine rings is 1. The van der Waals surface area contributed by atoms with E-state index in [1.165, 1.54) is 48.3 Å².